The molecule has 0 spiro atoms. The van der Waals surface area contributed by atoms with Gasteiger partial charge in [-0.2, -0.15) is 0 Å². The summed E-state index contributed by atoms with van der Waals surface area (Å²) in [5, 5.41) is 18.9. The first kappa shape index (κ1) is 16.5. The van der Waals surface area contributed by atoms with E-state index < -0.39 is 0 Å². The predicted molar refractivity (Wildman–Crippen MR) is 143 cm³/mol. The Morgan fingerprint density at radius 2 is 0.688 bits per heavy atom. The fourth-order valence-corrected chi connectivity index (χ4v) is 6.27. The van der Waals surface area contributed by atoms with Gasteiger partial charge in [0.25, 0.3) is 0 Å². The highest BCUT2D eigenvalue weighted by Gasteiger charge is 2.22. The third kappa shape index (κ3) is 1.70. The largest absolute Gasteiger partial charge is 0.0984 e. The Labute approximate surface area is 184 Å². The summed E-state index contributed by atoms with van der Waals surface area (Å²) in [6.07, 6.45) is 3.88. The molecule has 0 nitrogen and oxygen atoms in total. The van der Waals surface area contributed by atoms with Crippen molar-refractivity contribution in [3.05, 3.63) is 97.1 Å². The Kier molecular flexibility index (Phi) is 2.77. The van der Waals surface area contributed by atoms with Gasteiger partial charge in [-0.05, 0) is 98.7 Å². The maximum Gasteiger partial charge on any atom is -0.000740 e. The van der Waals surface area contributed by atoms with Crippen LogP contribution < -0.4 is 0 Å². The number of hydrogen-bond acceptors (Lipinski definition) is 0. The van der Waals surface area contributed by atoms with E-state index in [0.29, 0.717) is 0 Å². The molecule has 0 N–H and O–H groups in total. The molecule has 32 heavy (non-hydrogen) atoms. The molecule has 0 saturated carbocycles. The van der Waals surface area contributed by atoms with Gasteiger partial charge in [0.15, 0.2) is 0 Å². The average molecular weight is 402 g/mol. The molecular formula is C32H18. The fourth-order valence-electron chi connectivity index (χ4n) is 6.27. The SMILES string of the molecule is C=Cc1cc2c(cc1C=C)c1ccc3ccc4ccc5ccc6ccc2c2c6c5c4c3c12. The minimum atomic E-state index is 1.13. The lowest BCUT2D eigenvalue weighted by molar-refractivity contribution is 1.70. The Bertz CT molecular complexity index is 1890. The van der Waals surface area contributed by atoms with Gasteiger partial charge in [-0.15, -0.1) is 0 Å². The second-order valence-corrected chi connectivity index (χ2v) is 9.00. The standard InChI is InChI=1S/C32H18/c1-3-17-15-25-23-13-11-21-9-7-19-5-6-20-8-10-22-12-14-24(26(25)16-18(17)4-2)32-30(22)28(20)27(19)29(21)31(23)32/h3-16H,1-2H2. The molecule has 8 aromatic rings. The third-order valence-electron chi connectivity index (χ3n) is 7.62. The molecule has 0 radical (unpaired) electrons. The molecule has 0 unspecified atom stereocenters. The van der Waals surface area contributed by atoms with E-state index >= 15 is 0 Å². The van der Waals surface area contributed by atoms with Gasteiger partial charge < -0.3 is 0 Å². The third-order valence-corrected chi connectivity index (χ3v) is 7.62. The van der Waals surface area contributed by atoms with Crippen LogP contribution in [0, 0.1) is 0 Å². The van der Waals surface area contributed by atoms with Crippen molar-refractivity contribution in [2.45, 2.75) is 0 Å². The van der Waals surface area contributed by atoms with Crippen LogP contribution in [0.1, 0.15) is 11.1 Å². The van der Waals surface area contributed by atoms with Crippen LogP contribution in [0.4, 0.5) is 0 Å². The van der Waals surface area contributed by atoms with Crippen LogP contribution in [0.2, 0.25) is 0 Å². The molecular weight excluding hydrogens is 384 g/mol. The van der Waals surface area contributed by atoms with Crippen LogP contribution in [0.3, 0.4) is 0 Å². The molecule has 0 aromatic heterocycles. The van der Waals surface area contributed by atoms with Crippen LogP contribution >= 0.6 is 0 Å². The van der Waals surface area contributed by atoms with Crippen LogP contribution in [0.25, 0.3) is 87.6 Å². The zero-order chi connectivity index (χ0) is 21.1. The second kappa shape index (κ2) is 5.36. The van der Waals surface area contributed by atoms with Crippen LogP contribution in [-0.2, 0) is 0 Å². The lowest BCUT2D eigenvalue weighted by Crippen LogP contribution is -1.94. The minimum Gasteiger partial charge on any atom is -0.0984 e. The molecule has 0 saturated heterocycles. The molecule has 0 fully saturated rings. The highest BCUT2D eigenvalue weighted by atomic mass is 14.2. The monoisotopic (exact) mass is 402 g/mol. The Morgan fingerprint density at radius 1 is 0.375 bits per heavy atom. The zero-order valence-electron chi connectivity index (χ0n) is 17.5. The summed E-state index contributed by atoms with van der Waals surface area (Å²) in [5.41, 5.74) is 2.26. The number of hydrogen-bond donors (Lipinski definition) is 0. The van der Waals surface area contributed by atoms with E-state index in [1.54, 1.807) is 0 Å². The van der Waals surface area contributed by atoms with E-state index in [9.17, 15) is 0 Å². The van der Waals surface area contributed by atoms with Gasteiger partial charge in [-0.25, -0.2) is 0 Å². The second-order valence-electron chi connectivity index (χ2n) is 9.00. The molecule has 0 heterocycles. The first-order valence-corrected chi connectivity index (χ1v) is 11.1. The van der Waals surface area contributed by atoms with Crippen LogP contribution in [0.15, 0.2) is 86.0 Å². The molecule has 146 valence electrons. The summed E-state index contributed by atoms with van der Waals surface area (Å²) >= 11 is 0. The number of rotatable bonds is 2. The van der Waals surface area contributed by atoms with Crippen molar-refractivity contribution in [1.29, 1.82) is 0 Å². The quantitative estimate of drug-likeness (QED) is 0.199. The lowest BCUT2D eigenvalue weighted by atomic mass is 9.80. The molecule has 0 aliphatic carbocycles. The molecule has 0 heteroatoms. The highest BCUT2D eigenvalue weighted by molar-refractivity contribution is 6.47. The van der Waals surface area contributed by atoms with Crippen molar-refractivity contribution in [2.24, 2.45) is 0 Å². The molecule has 8 aromatic carbocycles. The van der Waals surface area contributed by atoms with E-state index in [1.165, 1.54) is 75.4 Å². The van der Waals surface area contributed by atoms with E-state index in [4.69, 9.17) is 0 Å². The van der Waals surface area contributed by atoms with Gasteiger partial charge in [0.05, 0.1) is 0 Å². The van der Waals surface area contributed by atoms with Crippen molar-refractivity contribution in [3.63, 3.8) is 0 Å². The number of fused-ring (bicyclic) bond motifs is 3. The average Bonchev–Trinajstić information content (AvgIpc) is 2.86. The van der Waals surface area contributed by atoms with Crippen molar-refractivity contribution in [3.8, 4) is 0 Å². The fraction of sp³-hybridized carbons (Fsp3) is 0. The molecule has 0 amide bonds. The highest BCUT2D eigenvalue weighted by Crippen LogP contribution is 2.50. The van der Waals surface area contributed by atoms with Gasteiger partial charge in [-0.3, -0.25) is 0 Å². The van der Waals surface area contributed by atoms with E-state index in [0.717, 1.165) is 11.1 Å². The summed E-state index contributed by atoms with van der Waals surface area (Å²) < 4.78 is 0. The Hall–Kier alpha value is -4.16. The number of benzene rings is 8. The summed E-state index contributed by atoms with van der Waals surface area (Å²) in [4.78, 5) is 0. The Balaban J connectivity index is 1.85. The minimum absolute atomic E-state index is 1.13. The molecule has 0 aliphatic rings. The Morgan fingerprint density at radius 3 is 1.03 bits per heavy atom. The summed E-state index contributed by atoms with van der Waals surface area (Å²) in [7, 11) is 0. The normalized spacial score (nSPS) is 12.6. The lowest BCUT2D eigenvalue weighted by Gasteiger charge is -2.22. The molecule has 0 aliphatic heterocycles. The van der Waals surface area contributed by atoms with Crippen molar-refractivity contribution in [1.82, 2.24) is 0 Å². The van der Waals surface area contributed by atoms with Gasteiger partial charge in [0, 0.05) is 0 Å². The maximum atomic E-state index is 4.06. The predicted octanol–water partition coefficient (Wildman–Crippen LogP) is 9.36. The van der Waals surface area contributed by atoms with E-state index in [-0.39, 0.29) is 0 Å². The smallest absolute Gasteiger partial charge is 0.000740 e. The first-order chi connectivity index (χ1) is 15.8. The zero-order valence-corrected chi connectivity index (χ0v) is 17.5. The van der Waals surface area contributed by atoms with Gasteiger partial charge in [-0.1, -0.05) is 86.0 Å². The van der Waals surface area contributed by atoms with E-state index in [2.05, 4.69) is 86.0 Å². The van der Waals surface area contributed by atoms with Crippen molar-refractivity contribution in [2.75, 3.05) is 0 Å². The van der Waals surface area contributed by atoms with Crippen molar-refractivity contribution >= 4 is 87.6 Å². The molecule has 8 rings (SSSR count). The first-order valence-electron chi connectivity index (χ1n) is 11.1. The van der Waals surface area contributed by atoms with Crippen LogP contribution in [0.5, 0.6) is 0 Å². The summed E-state index contributed by atoms with van der Waals surface area (Å²) in [5.74, 6) is 0. The topological polar surface area (TPSA) is 0 Å². The molecule has 0 bridgehead atoms. The van der Waals surface area contributed by atoms with Gasteiger partial charge in [0.2, 0.25) is 0 Å². The van der Waals surface area contributed by atoms with Crippen LogP contribution in [-0.4, -0.2) is 0 Å². The molecule has 0 atom stereocenters. The van der Waals surface area contributed by atoms with Gasteiger partial charge >= 0.3 is 0 Å². The van der Waals surface area contributed by atoms with Crippen molar-refractivity contribution < 1.29 is 0 Å². The van der Waals surface area contributed by atoms with Gasteiger partial charge in [0.1, 0.15) is 0 Å². The maximum absolute atomic E-state index is 4.06. The summed E-state index contributed by atoms with van der Waals surface area (Å²) in [6.45, 7) is 8.12. The summed E-state index contributed by atoms with van der Waals surface area (Å²) in [6, 6.07) is 27.5. The van der Waals surface area contributed by atoms with E-state index in [1.807, 2.05) is 12.2 Å².